The van der Waals surface area contributed by atoms with E-state index in [0.717, 1.165) is 7.11 Å². The molecule has 0 heterocycles. The summed E-state index contributed by atoms with van der Waals surface area (Å²) in [6.45, 7) is -0.896. The van der Waals surface area contributed by atoms with Crippen LogP contribution in [0.2, 0.25) is 0 Å². The molecule has 0 radical (unpaired) electrons. The monoisotopic (exact) mass is 253 g/mol. The number of esters is 1. The Morgan fingerprint density at radius 2 is 1.59 bits per heavy atom. The Kier molecular flexibility index (Phi) is 3.77. The minimum atomic E-state index is -1.81. The van der Waals surface area contributed by atoms with E-state index in [0.29, 0.717) is 0 Å². The summed E-state index contributed by atoms with van der Waals surface area (Å²) >= 11 is 0. The molecule has 0 unspecified atom stereocenters. The second-order valence-corrected chi connectivity index (χ2v) is 2.86. The topological polar surface area (TPSA) is 61.5 Å². The van der Waals surface area contributed by atoms with Gasteiger partial charge in [0.25, 0.3) is 0 Å². The molecule has 17 heavy (non-hydrogen) atoms. The maximum atomic E-state index is 13.1. The summed E-state index contributed by atoms with van der Waals surface area (Å²) in [5, 5.41) is 0. The largest absolute Gasteiger partial charge is 0.476 e. The van der Waals surface area contributed by atoms with E-state index in [2.05, 4.69) is 9.47 Å². The predicted octanol–water partition coefficient (Wildman–Crippen LogP) is 1.38. The van der Waals surface area contributed by atoms with E-state index in [9.17, 15) is 22.4 Å². The van der Waals surface area contributed by atoms with Crippen LogP contribution in [-0.4, -0.2) is 19.7 Å². The molecule has 1 rings (SSSR count). The van der Waals surface area contributed by atoms with Gasteiger partial charge in [-0.1, -0.05) is 0 Å². The molecular formula is C9H7F4NO3. The average molecular weight is 253 g/mol. The Bertz CT molecular complexity index is 435. The first-order valence-electron chi connectivity index (χ1n) is 4.21. The van der Waals surface area contributed by atoms with Gasteiger partial charge in [0.05, 0.1) is 7.11 Å². The van der Waals surface area contributed by atoms with Gasteiger partial charge < -0.3 is 15.2 Å². The third kappa shape index (κ3) is 2.40. The SMILES string of the molecule is COC(=O)COc1c(F)c(F)c(N)c(F)c1F. The third-order valence-corrected chi connectivity index (χ3v) is 1.82. The molecule has 0 fully saturated rings. The summed E-state index contributed by atoms with van der Waals surface area (Å²) in [6.07, 6.45) is 0. The van der Waals surface area contributed by atoms with E-state index in [4.69, 9.17) is 5.73 Å². The van der Waals surface area contributed by atoms with E-state index >= 15 is 0 Å². The van der Waals surface area contributed by atoms with Gasteiger partial charge in [0.2, 0.25) is 11.6 Å². The summed E-state index contributed by atoms with van der Waals surface area (Å²) in [5.41, 5.74) is 3.46. The number of hydrogen-bond donors (Lipinski definition) is 1. The molecular weight excluding hydrogens is 246 g/mol. The van der Waals surface area contributed by atoms with Gasteiger partial charge in [0.15, 0.2) is 24.0 Å². The number of ether oxygens (including phenoxy) is 2. The third-order valence-electron chi connectivity index (χ3n) is 1.82. The fourth-order valence-electron chi connectivity index (χ4n) is 0.945. The molecule has 0 aliphatic heterocycles. The molecule has 0 saturated carbocycles. The van der Waals surface area contributed by atoms with Crippen molar-refractivity contribution >= 4 is 11.7 Å². The number of carbonyl (C=O) groups is 1. The summed E-state index contributed by atoms with van der Waals surface area (Å²) < 4.78 is 60.5. The lowest BCUT2D eigenvalue weighted by atomic mass is 10.2. The first-order valence-corrected chi connectivity index (χ1v) is 4.21. The highest BCUT2D eigenvalue weighted by Gasteiger charge is 2.25. The Hall–Kier alpha value is -1.99. The van der Waals surface area contributed by atoms with E-state index in [1.165, 1.54) is 0 Å². The van der Waals surface area contributed by atoms with Crippen LogP contribution in [0.3, 0.4) is 0 Å². The van der Waals surface area contributed by atoms with Gasteiger partial charge in [-0.05, 0) is 0 Å². The van der Waals surface area contributed by atoms with Crippen molar-refractivity contribution in [1.82, 2.24) is 0 Å². The smallest absolute Gasteiger partial charge is 0.343 e. The molecule has 0 aliphatic rings. The lowest BCUT2D eigenvalue weighted by Gasteiger charge is -2.10. The van der Waals surface area contributed by atoms with Crippen LogP contribution in [0.5, 0.6) is 5.75 Å². The van der Waals surface area contributed by atoms with Gasteiger partial charge in [-0.15, -0.1) is 0 Å². The number of halogens is 4. The van der Waals surface area contributed by atoms with E-state index in [-0.39, 0.29) is 0 Å². The van der Waals surface area contributed by atoms with Crippen molar-refractivity contribution in [3.8, 4) is 5.75 Å². The minimum absolute atomic E-state index is 0.896. The molecule has 0 atom stereocenters. The van der Waals surface area contributed by atoms with Crippen LogP contribution >= 0.6 is 0 Å². The van der Waals surface area contributed by atoms with Gasteiger partial charge in [0.1, 0.15) is 5.69 Å². The zero-order valence-corrected chi connectivity index (χ0v) is 8.52. The highest BCUT2D eigenvalue weighted by Crippen LogP contribution is 2.31. The van der Waals surface area contributed by atoms with Gasteiger partial charge in [-0.2, -0.15) is 8.78 Å². The number of hydrogen-bond acceptors (Lipinski definition) is 4. The van der Waals surface area contributed by atoms with Crippen molar-refractivity contribution in [3.05, 3.63) is 23.3 Å². The van der Waals surface area contributed by atoms with Gasteiger partial charge >= 0.3 is 5.97 Å². The maximum Gasteiger partial charge on any atom is 0.343 e. The Balaban J connectivity index is 3.12. The molecule has 2 N–H and O–H groups in total. The molecule has 4 nitrogen and oxygen atoms in total. The van der Waals surface area contributed by atoms with Crippen molar-refractivity contribution in [2.45, 2.75) is 0 Å². The zero-order valence-electron chi connectivity index (χ0n) is 8.52. The van der Waals surface area contributed by atoms with Crippen molar-refractivity contribution in [2.24, 2.45) is 0 Å². The number of methoxy groups -OCH3 is 1. The molecule has 0 aromatic heterocycles. The zero-order chi connectivity index (χ0) is 13.2. The molecule has 0 bridgehead atoms. The quantitative estimate of drug-likeness (QED) is 0.382. The first kappa shape index (κ1) is 13.1. The number of nitrogen functional groups attached to an aromatic ring is 1. The summed E-state index contributed by atoms with van der Waals surface area (Å²) in [7, 11) is 1.00. The van der Waals surface area contributed by atoms with Crippen LogP contribution in [0.4, 0.5) is 23.2 Å². The van der Waals surface area contributed by atoms with Crippen molar-refractivity contribution in [1.29, 1.82) is 0 Å². The molecule has 1 aromatic carbocycles. The van der Waals surface area contributed by atoms with Gasteiger partial charge in [-0.25, -0.2) is 13.6 Å². The van der Waals surface area contributed by atoms with E-state index < -0.39 is 47.3 Å². The van der Waals surface area contributed by atoms with E-state index in [1.54, 1.807) is 0 Å². The molecule has 1 aromatic rings. The van der Waals surface area contributed by atoms with Crippen LogP contribution in [0, 0.1) is 23.3 Å². The normalized spacial score (nSPS) is 10.2. The number of carbonyl (C=O) groups excluding carboxylic acids is 1. The van der Waals surface area contributed by atoms with Gasteiger partial charge in [0, 0.05) is 0 Å². The minimum Gasteiger partial charge on any atom is -0.476 e. The van der Waals surface area contributed by atoms with Crippen LogP contribution in [-0.2, 0) is 9.53 Å². The summed E-state index contributed by atoms with van der Waals surface area (Å²) in [5.74, 6) is -9.54. The predicted molar refractivity (Wildman–Crippen MR) is 48.2 cm³/mol. The van der Waals surface area contributed by atoms with Crippen LogP contribution in [0.25, 0.3) is 0 Å². The van der Waals surface area contributed by atoms with Gasteiger partial charge in [-0.3, -0.25) is 0 Å². The Morgan fingerprint density at radius 1 is 1.12 bits per heavy atom. The lowest BCUT2D eigenvalue weighted by Crippen LogP contribution is -2.15. The molecule has 8 heteroatoms. The van der Waals surface area contributed by atoms with Crippen LogP contribution in [0.1, 0.15) is 0 Å². The fraction of sp³-hybridized carbons (Fsp3) is 0.222. The van der Waals surface area contributed by atoms with Crippen LogP contribution in [0.15, 0.2) is 0 Å². The van der Waals surface area contributed by atoms with E-state index in [1.807, 2.05) is 0 Å². The second-order valence-electron chi connectivity index (χ2n) is 2.86. The highest BCUT2D eigenvalue weighted by molar-refractivity contribution is 5.70. The highest BCUT2D eigenvalue weighted by atomic mass is 19.2. The standard InChI is InChI=1S/C9H7F4NO3/c1-16-3(15)2-17-9-6(12)4(10)8(14)5(11)7(9)13/h2,14H2,1H3. The lowest BCUT2D eigenvalue weighted by molar-refractivity contribution is -0.143. The number of anilines is 1. The Labute approximate surface area is 92.9 Å². The average Bonchev–Trinajstić information content (AvgIpc) is 2.33. The summed E-state index contributed by atoms with van der Waals surface area (Å²) in [6, 6.07) is 0. The molecule has 94 valence electrons. The number of rotatable bonds is 3. The van der Waals surface area contributed by atoms with Crippen LogP contribution < -0.4 is 10.5 Å². The van der Waals surface area contributed by atoms with Crippen molar-refractivity contribution in [3.63, 3.8) is 0 Å². The van der Waals surface area contributed by atoms with Crippen molar-refractivity contribution in [2.75, 3.05) is 19.5 Å². The Morgan fingerprint density at radius 3 is 2.00 bits per heavy atom. The number of nitrogens with two attached hydrogens (primary N) is 1. The molecule has 0 saturated heterocycles. The second kappa shape index (κ2) is 4.89. The fourth-order valence-corrected chi connectivity index (χ4v) is 0.945. The molecule has 0 amide bonds. The van der Waals surface area contributed by atoms with Crippen molar-refractivity contribution < 1.29 is 31.8 Å². The maximum absolute atomic E-state index is 13.1. The summed E-state index contributed by atoms with van der Waals surface area (Å²) in [4.78, 5) is 10.6. The molecule has 0 aliphatic carbocycles. The molecule has 0 spiro atoms. The number of benzene rings is 1. The first-order chi connectivity index (χ1) is 7.90.